The van der Waals surface area contributed by atoms with Crippen LogP contribution in [0, 0.1) is 6.92 Å². The Morgan fingerprint density at radius 3 is 2.94 bits per heavy atom. The molecule has 17 heavy (non-hydrogen) atoms. The minimum absolute atomic E-state index is 0.00263. The molecule has 1 heterocycles. The van der Waals surface area contributed by atoms with Crippen LogP contribution in [-0.2, 0) is 4.79 Å². The predicted octanol–water partition coefficient (Wildman–Crippen LogP) is -0.558. The van der Waals surface area contributed by atoms with Crippen molar-refractivity contribution < 1.29 is 14.6 Å². The summed E-state index contributed by atoms with van der Waals surface area (Å²) >= 11 is 0. The summed E-state index contributed by atoms with van der Waals surface area (Å²) in [7, 11) is 0. The van der Waals surface area contributed by atoms with Gasteiger partial charge in [-0.3, -0.25) is 4.79 Å². The van der Waals surface area contributed by atoms with Crippen LogP contribution in [0.1, 0.15) is 12.7 Å². The third-order valence-electron chi connectivity index (χ3n) is 1.91. The van der Waals surface area contributed by atoms with Crippen LogP contribution in [-0.4, -0.2) is 40.2 Å². The maximum absolute atomic E-state index is 10.6. The molecule has 1 rings (SSSR count). The van der Waals surface area contributed by atoms with E-state index >= 15 is 0 Å². The number of aliphatic hydroxyl groups is 1. The third kappa shape index (κ3) is 4.23. The second-order valence-corrected chi connectivity index (χ2v) is 3.37. The van der Waals surface area contributed by atoms with Crippen molar-refractivity contribution in [3.05, 3.63) is 11.9 Å². The van der Waals surface area contributed by atoms with Crippen LogP contribution in [0.4, 0.5) is 5.82 Å². The molecule has 0 fully saturated rings. The van der Waals surface area contributed by atoms with Crippen molar-refractivity contribution in [2.75, 3.05) is 18.5 Å². The maximum Gasteiger partial charge on any atom is 0.248 e. The summed E-state index contributed by atoms with van der Waals surface area (Å²) in [6.45, 7) is 4.07. The molecule has 94 valence electrons. The van der Waals surface area contributed by atoms with Gasteiger partial charge in [-0.2, -0.15) is 4.98 Å². The zero-order valence-electron chi connectivity index (χ0n) is 9.80. The number of aliphatic hydroxyl groups excluding tert-OH is 1. The van der Waals surface area contributed by atoms with Crippen LogP contribution in [0.5, 0.6) is 5.88 Å². The fourth-order valence-electron chi connectivity index (χ4n) is 1.15. The van der Waals surface area contributed by atoms with Gasteiger partial charge in [-0.05, 0) is 13.8 Å². The molecule has 0 bridgehead atoms. The predicted molar refractivity (Wildman–Crippen MR) is 61.6 cm³/mol. The van der Waals surface area contributed by atoms with Gasteiger partial charge in [0.1, 0.15) is 17.7 Å². The molecule has 0 saturated heterocycles. The Labute approximate surface area is 99.0 Å². The Balaban J connectivity index is 2.67. The van der Waals surface area contributed by atoms with E-state index in [0.717, 1.165) is 0 Å². The van der Waals surface area contributed by atoms with Crippen molar-refractivity contribution >= 4 is 11.7 Å². The first-order valence-corrected chi connectivity index (χ1v) is 5.22. The van der Waals surface area contributed by atoms with Gasteiger partial charge in [-0.1, -0.05) is 0 Å². The lowest BCUT2D eigenvalue weighted by Crippen LogP contribution is -2.34. The number of primary amides is 1. The third-order valence-corrected chi connectivity index (χ3v) is 1.91. The van der Waals surface area contributed by atoms with Gasteiger partial charge < -0.3 is 20.9 Å². The number of amides is 1. The number of aromatic nitrogens is 2. The summed E-state index contributed by atoms with van der Waals surface area (Å²) in [4.78, 5) is 18.8. The summed E-state index contributed by atoms with van der Waals surface area (Å²) in [6, 6.07) is 1.59. The molecule has 7 nitrogen and oxygen atoms in total. The Hall–Kier alpha value is -1.89. The number of nitrogens with two attached hydrogens (primary N) is 1. The monoisotopic (exact) mass is 240 g/mol. The van der Waals surface area contributed by atoms with Crippen molar-refractivity contribution in [3.63, 3.8) is 0 Å². The molecular formula is C10H16N4O3. The van der Waals surface area contributed by atoms with Crippen molar-refractivity contribution in [3.8, 4) is 5.88 Å². The number of carbonyl (C=O) groups excluding carboxylic acids is 1. The van der Waals surface area contributed by atoms with Gasteiger partial charge >= 0.3 is 0 Å². The normalized spacial score (nSPS) is 11.9. The fourth-order valence-corrected chi connectivity index (χ4v) is 1.15. The maximum atomic E-state index is 10.6. The summed E-state index contributed by atoms with van der Waals surface area (Å²) < 4.78 is 5.24. The summed E-state index contributed by atoms with van der Waals surface area (Å²) in [5, 5.41) is 12.0. The highest BCUT2D eigenvalue weighted by molar-refractivity contribution is 5.79. The molecule has 1 atom stereocenters. The number of hydrogen-bond donors (Lipinski definition) is 3. The number of ether oxygens (including phenoxy) is 1. The first kappa shape index (κ1) is 13.2. The van der Waals surface area contributed by atoms with Crippen molar-refractivity contribution in [2.24, 2.45) is 5.73 Å². The zero-order valence-corrected chi connectivity index (χ0v) is 9.80. The van der Waals surface area contributed by atoms with Gasteiger partial charge in [-0.25, -0.2) is 4.98 Å². The molecule has 1 aromatic heterocycles. The lowest BCUT2D eigenvalue weighted by Gasteiger charge is -2.10. The van der Waals surface area contributed by atoms with Gasteiger partial charge in [0.2, 0.25) is 11.8 Å². The Morgan fingerprint density at radius 1 is 1.65 bits per heavy atom. The van der Waals surface area contributed by atoms with Crippen molar-refractivity contribution in [1.82, 2.24) is 9.97 Å². The van der Waals surface area contributed by atoms with E-state index in [2.05, 4.69) is 15.3 Å². The number of carbonyl (C=O) groups is 1. The smallest absolute Gasteiger partial charge is 0.248 e. The Kier molecular flexibility index (Phi) is 4.65. The van der Waals surface area contributed by atoms with E-state index in [-0.39, 0.29) is 6.54 Å². The van der Waals surface area contributed by atoms with Gasteiger partial charge in [0, 0.05) is 6.07 Å². The van der Waals surface area contributed by atoms with E-state index in [4.69, 9.17) is 10.5 Å². The molecule has 1 amide bonds. The van der Waals surface area contributed by atoms with Crippen LogP contribution < -0.4 is 15.8 Å². The van der Waals surface area contributed by atoms with Crippen molar-refractivity contribution in [1.29, 1.82) is 0 Å². The number of nitrogens with zero attached hydrogens (tertiary/aromatic N) is 2. The first-order chi connectivity index (χ1) is 8.02. The SMILES string of the molecule is CCOc1cc(NCC(O)C(N)=O)nc(C)n1. The number of hydrogen-bond acceptors (Lipinski definition) is 6. The first-order valence-electron chi connectivity index (χ1n) is 5.22. The van der Waals surface area contributed by atoms with Crippen LogP contribution >= 0.6 is 0 Å². The standard InChI is InChI=1S/C10H16N4O3/c1-3-17-9-4-8(13-6(2)14-9)12-5-7(15)10(11)16/h4,7,15H,3,5H2,1-2H3,(H2,11,16)(H,12,13,14). The fraction of sp³-hybridized carbons (Fsp3) is 0.500. The summed E-state index contributed by atoms with van der Waals surface area (Å²) in [5.41, 5.74) is 4.92. The molecule has 0 aliphatic carbocycles. The van der Waals surface area contributed by atoms with Gasteiger partial charge in [0.15, 0.2) is 0 Å². The van der Waals surface area contributed by atoms with E-state index in [9.17, 15) is 9.90 Å². The van der Waals surface area contributed by atoms with Gasteiger partial charge in [-0.15, -0.1) is 0 Å². The molecule has 0 saturated carbocycles. The average molecular weight is 240 g/mol. The molecule has 0 aliphatic heterocycles. The number of rotatable bonds is 6. The van der Waals surface area contributed by atoms with Gasteiger partial charge in [0.05, 0.1) is 13.2 Å². The largest absolute Gasteiger partial charge is 0.478 e. The highest BCUT2D eigenvalue weighted by Crippen LogP contribution is 2.13. The van der Waals surface area contributed by atoms with E-state index in [1.165, 1.54) is 0 Å². The molecule has 1 aromatic rings. The lowest BCUT2D eigenvalue weighted by atomic mass is 10.3. The highest BCUT2D eigenvalue weighted by Gasteiger charge is 2.11. The van der Waals surface area contributed by atoms with Gasteiger partial charge in [0.25, 0.3) is 0 Å². The molecule has 4 N–H and O–H groups in total. The molecule has 0 aromatic carbocycles. The molecule has 1 unspecified atom stereocenters. The van der Waals surface area contributed by atoms with Crippen LogP contribution in [0.2, 0.25) is 0 Å². The van der Waals surface area contributed by atoms with Crippen LogP contribution in [0.3, 0.4) is 0 Å². The van der Waals surface area contributed by atoms with E-state index in [1.54, 1.807) is 13.0 Å². The lowest BCUT2D eigenvalue weighted by molar-refractivity contribution is -0.125. The number of anilines is 1. The topological polar surface area (TPSA) is 110 Å². The molecule has 0 aliphatic rings. The second-order valence-electron chi connectivity index (χ2n) is 3.37. The molecule has 0 radical (unpaired) electrons. The quantitative estimate of drug-likeness (QED) is 0.615. The van der Waals surface area contributed by atoms with E-state index in [1.807, 2.05) is 6.92 Å². The van der Waals surface area contributed by atoms with E-state index < -0.39 is 12.0 Å². The van der Waals surface area contributed by atoms with Crippen molar-refractivity contribution in [2.45, 2.75) is 20.0 Å². The van der Waals surface area contributed by atoms with E-state index in [0.29, 0.717) is 24.1 Å². The Morgan fingerprint density at radius 2 is 2.35 bits per heavy atom. The number of nitrogens with one attached hydrogen (secondary N) is 1. The molecule has 7 heteroatoms. The minimum atomic E-state index is -1.25. The highest BCUT2D eigenvalue weighted by atomic mass is 16.5. The Bertz CT molecular complexity index is 397. The minimum Gasteiger partial charge on any atom is -0.478 e. The molecular weight excluding hydrogens is 224 g/mol. The van der Waals surface area contributed by atoms with Crippen LogP contribution in [0.25, 0.3) is 0 Å². The summed E-state index contributed by atoms with van der Waals surface area (Å²) in [5.74, 6) is 0.664. The van der Waals surface area contributed by atoms with Crippen LogP contribution in [0.15, 0.2) is 6.07 Å². The number of aryl methyl sites for hydroxylation is 1. The second kappa shape index (κ2) is 6.00. The summed E-state index contributed by atoms with van der Waals surface area (Å²) in [6.07, 6.45) is -1.25. The average Bonchev–Trinajstić information content (AvgIpc) is 2.25. The molecule has 0 spiro atoms. The zero-order chi connectivity index (χ0) is 12.8.